The maximum absolute atomic E-state index is 11.7. The number of aryl methyl sites for hydroxylation is 1. The van der Waals surface area contributed by atoms with E-state index in [-0.39, 0.29) is 12.8 Å². The van der Waals surface area contributed by atoms with Crippen LogP contribution in [0.4, 0.5) is 16.2 Å². The molecule has 21 heavy (non-hydrogen) atoms. The summed E-state index contributed by atoms with van der Waals surface area (Å²) in [4.78, 5) is 11.7. The minimum Gasteiger partial charge on any atom is -0.473 e. The fourth-order valence-electron chi connectivity index (χ4n) is 1.68. The highest BCUT2D eigenvalue weighted by Crippen LogP contribution is 2.19. The van der Waals surface area contributed by atoms with Crippen LogP contribution in [-0.2, 0) is 0 Å². The molecule has 0 saturated carbocycles. The Hall–Kier alpha value is -2.40. The normalized spacial score (nSPS) is 10.0. The second kappa shape index (κ2) is 6.85. The molecule has 0 radical (unpaired) electrons. The van der Waals surface area contributed by atoms with Crippen molar-refractivity contribution in [3.05, 3.63) is 53.1 Å². The number of ether oxygens (including phenoxy) is 1. The fraction of sp³-hybridized carbons (Fsp3) is 0.133. The van der Waals surface area contributed by atoms with Crippen LogP contribution >= 0.6 is 11.6 Å². The predicted octanol–water partition coefficient (Wildman–Crippen LogP) is 3.39. The number of amides is 2. The van der Waals surface area contributed by atoms with E-state index in [1.54, 1.807) is 36.4 Å². The van der Waals surface area contributed by atoms with Gasteiger partial charge in [-0.2, -0.15) is 0 Å². The SMILES string of the molecule is Cc1ccc(NC(=O)NCOc2ccc(Cl)cc2)c(N)c1. The molecule has 0 unspecified atom stereocenters. The molecule has 0 bridgehead atoms. The average molecular weight is 306 g/mol. The van der Waals surface area contributed by atoms with Gasteiger partial charge in [0.2, 0.25) is 0 Å². The topological polar surface area (TPSA) is 76.4 Å². The van der Waals surface area contributed by atoms with Crippen molar-refractivity contribution < 1.29 is 9.53 Å². The van der Waals surface area contributed by atoms with Crippen molar-refractivity contribution in [3.63, 3.8) is 0 Å². The zero-order chi connectivity index (χ0) is 15.2. The van der Waals surface area contributed by atoms with Gasteiger partial charge in [-0.05, 0) is 48.9 Å². The summed E-state index contributed by atoms with van der Waals surface area (Å²) in [5, 5.41) is 5.86. The van der Waals surface area contributed by atoms with Crippen LogP contribution in [0, 0.1) is 6.92 Å². The molecule has 0 fully saturated rings. The van der Waals surface area contributed by atoms with Crippen LogP contribution in [0.15, 0.2) is 42.5 Å². The van der Waals surface area contributed by atoms with Crippen molar-refractivity contribution >= 4 is 29.0 Å². The van der Waals surface area contributed by atoms with Crippen molar-refractivity contribution in [1.82, 2.24) is 5.32 Å². The number of halogens is 1. The molecule has 0 aliphatic carbocycles. The molecule has 0 atom stereocenters. The van der Waals surface area contributed by atoms with Crippen LogP contribution in [0.25, 0.3) is 0 Å². The van der Waals surface area contributed by atoms with Crippen LogP contribution in [-0.4, -0.2) is 12.8 Å². The zero-order valence-corrected chi connectivity index (χ0v) is 12.3. The first kappa shape index (κ1) is 15.0. The van der Waals surface area contributed by atoms with E-state index in [1.165, 1.54) is 0 Å². The number of carbonyl (C=O) groups is 1. The van der Waals surface area contributed by atoms with Crippen LogP contribution < -0.4 is 21.1 Å². The third kappa shape index (κ3) is 4.57. The third-order valence-electron chi connectivity index (χ3n) is 2.74. The lowest BCUT2D eigenvalue weighted by atomic mass is 10.2. The van der Waals surface area contributed by atoms with E-state index in [0.29, 0.717) is 22.1 Å². The van der Waals surface area contributed by atoms with Gasteiger partial charge in [0.25, 0.3) is 0 Å². The number of nitrogen functional groups attached to an aromatic ring is 1. The molecular weight excluding hydrogens is 290 g/mol. The second-order valence-electron chi connectivity index (χ2n) is 4.46. The van der Waals surface area contributed by atoms with Gasteiger partial charge in [0.1, 0.15) is 5.75 Å². The number of urea groups is 1. The molecule has 0 aliphatic rings. The first-order chi connectivity index (χ1) is 10.0. The molecule has 4 N–H and O–H groups in total. The summed E-state index contributed by atoms with van der Waals surface area (Å²) in [6.45, 7) is 1.97. The molecule has 5 nitrogen and oxygen atoms in total. The number of hydrogen-bond donors (Lipinski definition) is 3. The molecule has 2 aromatic carbocycles. The van der Waals surface area contributed by atoms with E-state index >= 15 is 0 Å². The van der Waals surface area contributed by atoms with Crippen LogP contribution in [0.3, 0.4) is 0 Å². The monoisotopic (exact) mass is 305 g/mol. The Kier molecular flexibility index (Phi) is 4.90. The Morgan fingerprint density at radius 2 is 1.95 bits per heavy atom. The number of nitrogens with one attached hydrogen (secondary N) is 2. The number of benzene rings is 2. The van der Waals surface area contributed by atoms with Gasteiger partial charge in [-0.25, -0.2) is 4.79 Å². The standard InChI is InChI=1S/C15H16ClN3O2/c1-10-2-7-14(13(17)8-10)19-15(20)18-9-21-12-5-3-11(16)4-6-12/h2-8H,9,17H2,1H3,(H2,18,19,20). The molecule has 0 spiro atoms. The van der Waals surface area contributed by atoms with Gasteiger partial charge >= 0.3 is 6.03 Å². The summed E-state index contributed by atoms with van der Waals surface area (Å²) >= 11 is 5.77. The van der Waals surface area contributed by atoms with E-state index in [9.17, 15) is 4.79 Å². The maximum Gasteiger partial charge on any atom is 0.321 e. The quantitative estimate of drug-likeness (QED) is 0.598. The Labute approximate surface area is 128 Å². The maximum atomic E-state index is 11.7. The van der Waals surface area contributed by atoms with Crippen LogP contribution in [0.5, 0.6) is 5.75 Å². The number of anilines is 2. The van der Waals surface area contributed by atoms with Crippen molar-refractivity contribution in [1.29, 1.82) is 0 Å². The third-order valence-corrected chi connectivity index (χ3v) is 2.99. The van der Waals surface area contributed by atoms with E-state index in [4.69, 9.17) is 22.1 Å². The van der Waals surface area contributed by atoms with Crippen molar-refractivity contribution in [2.45, 2.75) is 6.92 Å². The average Bonchev–Trinajstić information content (AvgIpc) is 2.44. The lowest BCUT2D eigenvalue weighted by Crippen LogP contribution is -2.32. The summed E-state index contributed by atoms with van der Waals surface area (Å²) in [6.07, 6.45) is 0. The largest absolute Gasteiger partial charge is 0.473 e. The Bertz CT molecular complexity index is 629. The molecule has 0 saturated heterocycles. The van der Waals surface area contributed by atoms with Crippen LogP contribution in [0.2, 0.25) is 5.02 Å². The number of hydrogen-bond acceptors (Lipinski definition) is 3. The second-order valence-corrected chi connectivity index (χ2v) is 4.90. The molecule has 0 aliphatic heterocycles. The van der Waals surface area contributed by atoms with Gasteiger partial charge in [0, 0.05) is 5.02 Å². The lowest BCUT2D eigenvalue weighted by Gasteiger charge is -2.11. The van der Waals surface area contributed by atoms with E-state index in [1.807, 2.05) is 13.0 Å². The van der Waals surface area contributed by atoms with E-state index in [2.05, 4.69) is 10.6 Å². The number of rotatable bonds is 4. The number of carbonyl (C=O) groups excluding carboxylic acids is 1. The molecular formula is C15H16ClN3O2. The van der Waals surface area contributed by atoms with Crippen molar-refractivity contribution in [3.8, 4) is 5.75 Å². The van der Waals surface area contributed by atoms with Gasteiger partial charge in [0.15, 0.2) is 6.73 Å². The van der Waals surface area contributed by atoms with E-state index in [0.717, 1.165) is 5.56 Å². The molecule has 2 aromatic rings. The molecule has 0 aromatic heterocycles. The van der Waals surface area contributed by atoms with Gasteiger partial charge in [-0.1, -0.05) is 17.7 Å². The molecule has 110 valence electrons. The zero-order valence-electron chi connectivity index (χ0n) is 11.5. The van der Waals surface area contributed by atoms with Gasteiger partial charge in [-0.3, -0.25) is 0 Å². The highest BCUT2D eigenvalue weighted by Gasteiger charge is 2.04. The van der Waals surface area contributed by atoms with Gasteiger partial charge < -0.3 is 21.1 Å². The highest BCUT2D eigenvalue weighted by atomic mass is 35.5. The first-order valence-electron chi connectivity index (χ1n) is 6.34. The molecule has 2 rings (SSSR count). The first-order valence-corrected chi connectivity index (χ1v) is 6.72. The fourth-order valence-corrected chi connectivity index (χ4v) is 1.80. The summed E-state index contributed by atoms with van der Waals surface area (Å²) in [5.74, 6) is 0.620. The minimum atomic E-state index is -0.389. The Balaban J connectivity index is 1.81. The summed E-state index contributed by atoms with van der Waals surface area (Å²) < 4.78 is 5.36. The van der Waals surface area contributed by atoms with Gasteiger partial charge in [0.05, 0.1) is 11.4 Å². The van der Waals surface area contributed by atoms with Crippen molar-refractivity contribution in [2.24, 2.45) is 0 Å². The van der Waals surface area contributed by atoms with Gasteiger partial charge in [-0.15, -0.1) is 0 Å². The smallest absolute Gasteiger partial charge is 0.321 e. The van der Waals surface area contributed by atoms with Crippen LogP contribution in [0.1, 0.15) is 5.56 Å². The Morgan fingerprint density at radius 3 is 2.62 bits per heavy atom. The summed E-state index contributed by atoms with van der Waals surface area (Å²) in [7, 11) is 0. The van der Waals surface area contributed by atoms with Crippen molar-refractivity contribution in [2.75, 3.05) is 17.8 Å². The molecule has 6 heteroatoms. The predicted molar refractivity (Wildman–Crippen MR) is 84.7 cm³/mol. The highest BCUT2D eigenvalue weighted by molar-refractivity contribution is 6.30. The number of nitrogens with two attached hydrogens (primary N) is 1. The summed E-state index contributed by atoms with van der Waals surface area (Å²) in [6, 6.07) is 11.9. The van der Waals surface area contributed by atoms with E-state index < -0.39 is 0 Å². The summed E-state index contributed by atoms with van der Waals surface area (Å²) in [5.41, 5.74) is 7.93. The Morgan fingerprint density at radius 1 is 1.24 bits per heavy atom. The minimum absolute atomic E-state index is 0.0409. The lowest BCUT2D eigenvalue weighted by molar-refractivity contribution is 0.234. The molecule has 2 amide bonds. The molecule has 0 heterocycles.